The summed E-state index contributed by atoms with van der Waals surface area (Å²) in [5, 5.41) is 5.98. The van der Waals surface area contributed by atoms with E-state index in [4.69, 9.17) is 4.74 Å². The van der Waals surface area contributed by atoms with Crippen molar-refractivity contribution in [2.75, 3.05) is 0 Å². The van der Waals surface area contributed by atoms with E-state index in [1.807, 2.05) is 17.5 Å². The number of carbonyl (C=O) groups is 1. The van der Waals surface area contributed by atoms with Gasteiger partial charge in [-0.25, -0.2) is 4.79 Å². The van der Waals surface area contributed by atoms with Crippen LogP contribution in [0.1, 0.15) is 16.1 Å². The van der Waals surface area contributed by atoms with Crippen molar-refractivity contribution in [1.29, 1.82) is 0 Å². The molecule has 0 N–H and O–H groups in total. The fraction of sp³-hybridized carbons (Fsp3) is 0.0625. The Morgan fingerprint density at radius 1 is 1.22 bits per heavy atom. The Balaban J connectivity index is 1.80. The third-order valence-electron chi connectivity index (χ3n) is 3.00. The first-order chi connectivity index (χ1) is 11.1. The van der Waals surface area contributed by atoms with E-state index in [-0.39, 0.29) is 17.9 Å². The predicted molar refractivity (Wildman–Crippen MR) is 91.0 cm³/mol. The lowest BCUT2D eigenvalue weighted by Crippen LogP contribution is -2.23. The number of para-hydroxylation sites is 1. The van der Waals surface area contributed by atoms with Crippen LogP contribution >= 0.6 is 27.3 Å². The summed E-state index contributed by atoms with van der Waals surface area (Å²) in [4.78, 5) is 24.0. The van der Waals surface area contributed by atoms with Gasteiger partial charge in [-0.2, -0.15) is 9.78 Å². The number of halogens is 1. The maximum atomic E-state index is 12.1. The van der Waals surface area contributed by atoms with Crippen LogP contribution in [0.3, 0.4) is 0 Å². The largest absolute Gasteiger partial charge is 0.456 e. The van der Waals surface area contributed by atoms with Crippen LogP contribution < -0.4 is 5.56 Å². The second kappa shape index (κ2) is 6.89. The number of carbonyl (C=O) groups excluding carboxylic acids is 1. The molecule has 2 heterocycles. The second-order valence-electron chi connectivity index (χ2n) is 4.64. The summed E-state index contributed by atoms with van der Waals surface area (Å²) < 4.78 is 7.38. The van der Waals surface area contributed by atoms with Gasteiger partial charge in [-0.05, 0) is 45.6 Å². The lowest BCUT2D eigenvalue weighted by Gasteiger charge is -2.07. The first kappa shape index (κ1) is 15.6. The van der Waals surface area contributed by atoms with Gasteiger partial charge in [-0.3, -0.25) is 4.79 Å². The zero-order valence-electron chi connectivity index (χ0n) is 11.8. The molecule has 3 rings (SSSR count). The topological polar surface area (TPSA) is 61.2 Å². The Kier molecular flexibility index (Phi) is 4.68. The van der Waals surface area contributed by atoms with Gasteiger partial charge < -0.3 is 4.74 Å². The van der Waals surface area contributed by atoms with Crippen molar-refractivity contribution in [3.05, 3.63) is 79.3 Å². The SMILES string of the molecule is O=C(OCc1csc(Br)c1)c1ccc(=O)n(-c2ccccc2)n1. The van der Waals surface area contributed by atoms with E-state index in [9.17, 15) is 9.59 Å². The number of hydrogen-bond acceptors (Lipinski definition) is 5. The van der Waals surface area contributed by atoms with Gasteiger partial charge >= 0.3 is 5.97 Å². The third-order valence-corrected chi connectivity index (χ3v) is 4.56. The molecule has 0 saturated carbocycles. The molecule has 0 spiro atoms. The van der Waals surface area contributed by atoms with Crippen molar-refractivity contribution in [2.45, 2.75) is 6.61 Å². The Hall–Kier alpha value is -2.25. The van der Waals surface area contributed by atoms with Crippen LogP contribution in [-0.4, -0.2) is 15.7 Å². The summed E-state index contributed by atoms with van der Waals surface area (Å²) in [5.41, 5.74) is 1.26. The molecule has 5 nitrogen and oxygen atoms in total. The van der Waals surface area contributed by atoms with Crippen molar-refractivity contribution < 1.29 is 9.53 Å². The number of esters is 1. The van der Waals surface area contributed by atoms with Gasteiger partial charge in [0, 0.05) is 11.6 Å². The molecule has 2 aromatic heterocycles. The number of nitrogens with zero attached hydrogens (tertiary/aromatic N) is 2. The first-order valence-electron chi connectivity index (χ1n) is 6.69. The van der Waals surface area contributed by atoms with Crippen LogP contribution in [0.2, 0.25) is 0 Å². The van der Waals surface area contributed by atoms with Gasteiger partial charge in [-0.15, -0.1) is 11.3 Å². The van der Waals surface area contributed by atoms with Crippen molar-refractivity contribution in [1.82, 2.24) is 9.78 Å². The number of aromatic nitrogens is 2. The molecule has 0 aliphatic heterocycles. The quantitative estimate of drug-likeness (QED) is 0.640. The Morgan fingerprint density at radius 2 is 2.00 bits per heavy atom. The van der Waals surface area contributed by atoms with Crippen LogP contribution in [0.5, 0.6) is 0 Å². The summed E-state index contributed by atoms with van der Waals surface area (Å²) in [5.74, 6) is -0.572. The maximum absolute atomic E-state index is 12.1. The third kappa shape index (κ3) is 3.75. The van der Waals surface area contributed by atoms with Gasteiger partial charge in [0.05, 0.1) is 9.47 Å². The molecule has 0 saturated heterocycles. The van der Waals surface area contributed by atoms with Crippen molar-refractivity contribution in [3.63, 3.8) is 0 Å². The molecule has 0 aliphatic carbocycles. The number of thiophene rings is 1. The molecule has 116 valence electrons. The molecule has 7 heteroatoms. The van der Waals surface area contributed by atoms with Crippen LogP contribution in [0.15, 0.2) is 62.5 Å². The van der Waals surface area contributed by atoms with E-state index in [0.717, 1.165) is 9.35 Å². The van der Waals surface area contributed by atoms with Crippen LogP contribution in [0.25, 0.3) is 5.69 Å². The normalized spacial score (nSPS) is 10.5. The van der Waals surface area contributed by atoms with Crippen molar-refractivity contribution in [2.24, 2.45) is 0 Å². The minimum atomic E-state index is -0.572. The van der Waals surface area contributed by atoms with E-state index in [0.29, 0.717) is 5.69 Å². The number of hydrogen-bond donors (Lipinski definition) is 0. The predicted octanol–water partition coefficient (Wildman–Crippen LogP) is 3.41. The molecule has 0 unspecified atom stereocenters. The van der Waals surface area contributed by atoms with Crippen LogP contribution in [0, 0.1) is 0 Å². The minimum absolute atomic E-state index is 0.0859. The molecule has 1 aromatic carbocycles. The molecular formula is C16H11BrN2O3S. The standard InChI is InChI=1S/C16H11BrN2O3S/c17-14-8-11(10-23-14)9-22-16(21)13-6-7-15(20)19(18-13)12-4-2-1-3-5-12/h1-8,10H,9H2. The fourth-order valence-corrected chi connectivity index (χ4v) is 3.11. The summed E-state index contributed by atoms with van der Waals surface area (Å²) in [6.07, 6.45) is 0. The van der Waals surface area contributed by atoms with E-state index in [2.05, 4.69) is 21.0 Å². The average molecular weight is 391 g/mol. The minimum Gasteiger partial charge on any atom is -0.456 e. The molecule has 0 radical (unpaired) electrons. The monoisotopic (exact) mass is 390 g/mol. The van der Waals surface area contributed by atoms with Gasteiger partial charge in [0.2, 0.25) is 0 Å². The number of rotatable bonds is 4. The molecule has 0 aliphatic rings. The highest BCUT2D eigenvalue weighted by atomic mass is 79.9. The average Bonchev–Trinajstić information content (AvgIpc) is 2.99. The number of ether oxygens (including phenoxy) is 1. The summed E-state index contributed by atoms with van der Waals surface area (Å²) in [6.45, 7) is 0.160. The molecule has 0 fully saturated rings. The van der Waals surface area contributed by atoms with Gasteiger partial charge in [0.25, 0.3) is 5.56 Å². The van der Waals surface area contributed by atoms with Crippen LogP contribution in [0.4, 0.5) is 0 Å². The van der Waals surface area contributed by atoms with Gasteiger partial charge in [0.1, 0.15) is 6.61 Å². The van der Waals surface area contributed by atoms with Crippen molar-refractivity contribution in [3.8, 4) is 5.69 Å². The number of benzene rings is 1. The maximum Gasteiger partial charge on any atom is 0.359 e. The Labute approximate surface area is 144 Å². The Morgan fingerprint density at radius 3 is 2.70 bits per heavy atom. The molecule has 23 heavy (non-hydrogen) atoms. The summed E-state index contributed by atoms with van der Waals surface area (Å²) >= 11 is 4.87. The molecular weight excluding hydrogens is 380 g/mol. The lowest BCUT2D eigenvalue weighted by molar-refractivity contribution is 0.0464. The van der Waals surface area contributed by atoms with Crippen LogP contribution in [-0.2, 0) is 11.3 Å². The summed E-state index contributed by atoms with van der Waals surface area (Å²) in [7, 11) is 0. The molecule has 3 aromatic rings. The second-order valence-corrected chi connectivity index (χ2v) is 6.93. The first-order valence-corrected chi connectivity index (χ1v) is 8.36. The lowest BCUT2D eigenvalue weighted by atomic mass is 10.3. The highest BCUT2D eigenvalue weighted by Gasteiger charge is 2.12. The zero-order chi connectivity index (χ0) is 16.2. The van der Waals surface area contributed by atoms with Gasteiger partial charge in [0.15, 0.2) is 5.69 Å². The Bertz CT molecular complexity index is 890. The molecule has 0 bridgehead atoms. The highest BCUT2D eigenvalue weighted by molar-refractivity contribution is 9.11. The highest BCUT2D eigenvalue weighted by Crippen LogP contribution is 2.21. The molecule has 0 atom stereocenters. The van der Waals surface area contributed by atoms with Crippen molar-refractivity contribution >= 4 is 33.2 Å². The van der Waals surface area contributed by atoms with Gasteiger partial charge in [-0.1, -0.05) is 18.2 Å². The summed E-state index contributed by atoms with van der Waals surface area (Å²) in [6, 6.07) is 13.5. The zero-order valence-corrected chi connectivity index (χ0v) is 14.2. The van der Waals surface area contributed by atoms with E-state index in [1.165, 1.54) is 28.2 Å². The van der Waals surface area contributed by atoms with E-state index >= 15 is 0 Å². The van der Waals surface area contributed by atoms with E-state index < -0.39 is 5.97 Å². The van der Waals surface area contributed by atoms with E-state index in [1.54, 1.807) is 24.3 Å². The molecule has 0 amide bonds. The fourth-order valence-electron chi connectivity index (χ4n) is 1.92. The smallest absolute Gasteiger partial charge is 0.359 e.